The van der Waals surface area contributed by atoms with E-state index in [0.29, 0.717) is 67.2 Å². The third kappa shape index (κ3) is 10.1. The molecule has 5 heteroatoms. The number of aromatic hydroxyl groups is 1. The predicted octanol–water partition coefficient (Wildman–Crippen LogP) is 17.7. The number of rotatable bonds is 10. The molecule has 1 N–H and O–H groups in total. The Morgan fingerprint density at radius 1 is 0.618 bits per heavy atom. The number of aromatic nitrogens is 3. The van der Waals surface area contributed by atoms with Gasteiger partial charge in [-0.1, -0.05) is 181 Å². The van der Waals surface area contributed by atoms with Gasteiger partial charge in [0.15, 0.2) is 0 Å². The Morgan fingerprint density at radius 3 is 1.93 bits per heavy atom. The summed E-state index contributed by atoms with van der Waals surface area (Å²) in [5, 5.41) is 12.4. The summed E-state index contributed by atoms with van der Waals surface area (Å²) in [6.45, 7) is 9.53. The normalized spacial score (nSPS) is 15.9. The average molecular weight is 1090 g/mol. The molecule has 0 saturated heterocycles. The monoisotopic (exact) mass is 1090 g/mol. The number of pyridine rings is 1. The van der Waals surface area contributed by atoms with Crippen molar-refractivity contribution < 1.29 is 44.0 Å². The number of hydrogen-bond acceptors (Lipinski definition) is 3. The third-order valence-corrected chi connectivity index (χ3v) is 12.9. The van der Waals surface area contributed by atoms with Gasteiger partial charge >= 0.3 is 0 Å². The number of phenolic OH excluding ortho intramolecular Hbond substituents is 1. The molecule has 0 aliphatic rings. The fraction of sp³-hybridized carbons (Fsp3) is 0.333. The summed E-state index contributed by atoms with van der Waals surface area (Å²) >= 11 is 0. The largest absolute Gasteiger partial charge is 0.507 e. The molecule has 0 aliphatic heterocycles. The molecule has 0 spiro atoms. The van der Waals surface area contributed by atoms with Gasteiger partial charge in [0.1, 0.15) is 11.6 Å². The van der Waals surface area contributed by atoms with Crippen LogP contribution in [0.5, 0.6) is 5.75 Å². The summed E-state index contributed by atoms with van der Waals surface area (Å²) in [6.07, 6.45) is 1.62. The van der Waals surface area contributed by atoms with Crippen molar-refractivity contribution in [3.63, 3.8) is 0 Å². The van der Waals surface area contributed by atoms with E-state index >= 15 is 0 Å². The van der Waals surface area contributed by atoms with Crippen LogP contribution in [-0.2, 0) is 31.9 Å². The van der Waals surface area contributed by atoms with Crippen LogP contribution in [0.2, 0.25) is 0 Å². The van der Waals surface area contributed by atoms with Crippen LogP contribution in [0.3, 0.4) is 0 Å². The van der Waals surface area contributed by atoms with E-state index in [4.69, 9.17) is 27.8 Å². The number of nitrogens with zero attached hydrogens (tertiary/aromatic N) is 3. The van der Waals surface area contributed by atoms with Crippen LogP contribution in [0, 0.1) is 12.9 Å². The van der Waals surface area contributed by atoms with Crippen molar-refractivity contribution in [1.82, 2.24) is 14.5 Å². The molecule has 0 unspecified atom stereocenters. The zero-order valence-corrected chi connectivity index (χ0v) is 43.2. The Hall–Kier alpha value is -5.57. The van der Waals surface area contributed by atoms with Gasteiger partial charge < -0.3 is 5.11 Å². The number of fused-ring (bicyclic) bond motifs is 1. The van der Waals surface area contributed by atoms with Crippen LogP contribution in [0.4, 0.5) is 0 Å². The average Bonchev–Trinajstić information content (AvgIpc) is 4.00. The first-order valence-corrected chi connectivity index (χ1v) is 23.2. The second-order valence-electron chi connectivity index (χ2n) is 20.2. The van der Waals surface area contributed by atoms with Crippen molar-refractivity contribution in [2.24, 2.45) is 0 Å². The topological polar surface area (TPSA) is 50.9 Å². The SMILES string of the molecule is [2H]C([2H])([2H])c1cc(-c2cc(C(C)C)cc(C([2H])(C)C)c2)ccc1-n1c(-c2cc(C(C)C)cc(C(C)C)c2O)nc2c(-c3[c-]c(-c4cc(-c5ccc(C(C([2H])([2H])[2H])(C([2H])([2H])[2H])C([2H])([2H])[2H])cc5)ccn4)cc(C(C)(C)C)c3)cccc21.[Pt]. The first-order valence-electron chi connectivity index (χ1n) is 29.7. The molecule has 2 aromatic heterocycles. The van der Waals surface area contributed by atoms with E-state index in [1.165, 1.54) is 24.3 Å². The molecule has 6 aromatic carbocycles. The maximum atomic E-state index is 12.4. The van der Waals surface area contributed by atoms with Crippen LogP contribution >= 0.6 is 0 Å². The molecule has 68 heavy (non-hydrogen) atoms. The second kappa shape index (κ2) is 19.4. The number of aryl methyl sites for hydroxylation is 1. The minimum Gasteiger partial charge on any atom is -0.507 e. The second-order valence-corrected chi connectivity index (χ2v) is 20.2. The third-order valence-electron chi connectivity index (χ3n) is 12.9. The van der Waals surface area contributed by atoms with Gasteiger partial charge in [-0.3, -0.25) is 9.55 Å². The van der Waals surface area contributed by atoms with E-state index in [2.05, 4.69) is 66.7 Å². The van der Waals surface area contributed by atoms with E-state index in [1.807, 2.05) is 99.0 Å². The van der Waals surface area contributed by atoms with Crippen LogP contribution in [0.1, 0.15) is 177 Å². The van der Waals surface area contributed by atoms with Gasteiger partial charge in [0, 0.05) is 50.8 Å². The van der Waals surface area contributed by atoms with Gasteiger partial charge in [0.2, 0.25) is 0 Å². The van der Waals surface area contributed by atoms with Crippen LogP contribution in [0.25, 0.3) is 72.7 Å². The van der Waals surface area contributed by atoms with Gasteiger partial charge in [0.05, 0.1) is 22.3 Å². The Kier molecular flexibility index (Phi) is 10.2. The van der Waals surface area contributed by atoms with E-state index in [0.717, 1.165) is 33.4 Å². The molecule has 0 amide bonds. The van der Waals surface area contributed by atoms with Gasteiger partial charge in [-0.05, 0) is 127 Å². The van der Waals surface area contributed by atoms with E-state index < -0.39 is 44.1 Å². The Morgan fingerprint density at radius 2 is 1.28 bits per heavy atom. The van der Waals surface area contributed by atoms with Crippen LogP contribution in [0.15, 0.2) is 121 Å². The van der Waals surface area contributed by atoms with Gasteiger partial charge in [-0.15, -0.1) is 29.3 Å². The Bertz CT molecular complexity index is 3590. The van der Waals surface area contributed by atoms with Crippen molar-refractivity contribution in [2.75, 3.05) is 0 Å². The fourth-order valence-corrected chi connectivity index (χ4v) is 8.67. The number of phenols is 1. The van der Waals surface area contributed by atoms with Gasteiger partial charge in [0.25, 0.3) is 0 Å². The van der Waals surface area contributed by atoms with Crippen molar-refractivity contribution in [2.45, 2.75) is 138 Å². The molecular weight excluding hydrogens is 1010 g/mol. The number of benzene rings is 6. The molecule has 2 heterocycles. The van der Waals surface area contributed by atoms with Crippen LogP contribution < -0.4 is 0 Å². The minimum atomic E-state index is -3.40. The summed E-state index contributed by atoms with van der Waals surface area (Å²) in [5.41, 5.74) is 7.72. The zero-order chi connectivity index (χ0) is 59.2. The smallest absolute Gasteiger partial charge is 0.148 e. The number of imidazole rings is 1. The molecule has 8 aromatic rings. The summed E-state index contributed by atoms with van der Waals surface area (Å²) in [6, 6.07) is 38.1. The quantitative estimate of drug-likeness (QED) is 0.139. The van der Waals surface area contributed by atoms with Crippen molar-refractivity contribution in [1.29, 1.82) is 0 Å². The van der Waals surface area contributed by atoms with Crippen molar-refractivity contribution in [3.8, 4) is 67.5 Å². The maximum Gasteiger partial charge on any atom is 0.148 e. The van der Waals surface area contributed by atoms with E-state index in [-0.39, 0.29) is 55.7 Å². The molecular formula is C63H70N3OPt-. The molecule has 4 nitrogen and oxygen atoms in total. The van der Waals surface area contributed by atoms with E-state index in [1.54, 1.807) is 18.3 Å². The summed E-state index contributed by atoms with van der Waals surface area (Å²) in [7, 11) is 0. The van der Waals surface area contributed by atoms with Gasteiger partial charge in [-0.2, -0.15) is 0 Å². The first-order chi connectivity index (χ1) is 36.8. The van der Waals surface area contributed by atoms with Crippen molar-refractivity contribution >= 4 is 11.0 Å². The molecule has 0 radical (unpaired) electrons. The van der Waals surface area contributed by atoms with E-state index in [9.17, 15) is 5.11 Å². The zero-order valence-electron chi connectivity index (χ0n) is 53.9. The minimum absolute atomic E-state index is 0. The molecule has 0 fully saturated rings. The Balaban J connectivity index is 0.00000946. The molecule has 354 valence electrons. The maximum absolute atomic E-state index is 12.4. The number of hydrogen-bond donors (Lipinski definition) is 1. The predicted molar refractivity (Wildman–Crippen MR) is 285 cm³/mol. The fourth-order valence-electron chi connectivity index (χ4n) is 8.67. The molecule has 0 atom stereocenters. The standard InChI is InChI=1S/C63H70N3O.Pt/c1-37(2)45-28-46(38(3)4)30-48(29-45)43-21-24-57(41(9)27-43)66-58-18-16-17-53(59(58)65-61(66)55-35-47(39(5)6)34-54(40(7)8)60(55)67)49-31-50(33-52(32-49)63(13,14)15)56-36-44(25-26-64-56)42-19-22-51(23-20-42)62(10,11)12;/h16-30,32-40,67H,1-15H3;/q-1;/i9D3,10D3,11D3,12D3,37D;. The molecule has 8 rings (SSSR count). The summed E-state index contributed by atoms with van der Waals surface area (Å²) in [4.78, 5) is 10.2. The van der Waals surface area contributed by atoms with Gasteiger partial charge in [-0.25, -0.2) is 4.98 Å². The Labute approximate surface area is 439 Å². The summed E-state index contributed by atoms with van der Waals surface area (Å²) < 4.78 is 112. The van der Waals surface area contributed by atoms with Crippen LogP contribution in [-0.4, -0.2) is 19.6 Å². The molecule has 0 bridgehead atoms. The number of para-hydroxylation sites is 1. The van der Waals surface area contributed by atoms with Crippen molar-refractivity contribution in [3.05, 3.63) is 166 Å². The summed E-state index contributed by atoms with van der Waals surface area (Å²) in [5.74, 6) is -0.372. The first kappa shape index (κ1) is 35.5. The molecule has 0 aliphatic carbocycles. The molecule has 0 saturated carbocycles.